The molecule has 0 amide bonds. The van der Waals surface area contributed by atoms with Crippen LogP contribution >= 0.6 is 0 Å². The smallest absolute Gasteiger partial charge is 0.123 e. The zero-order chi connectivity index (χ0) is 17.2. The van der Waals surface area contributed by atoms with Gasteiger partial charge in [-0.15, -0.1) is 0 Å². The van der Waals surface area contributed by atoms with Gasteiger partial charge in [-0.2, -0.15) is 5.26 Å². The molecule has 1 aliphatic heterocycles. The number of rotatable bonds is 2. The first-order valence-corrected chi connectivity index (χ1v) is 8.24. The first-order chi connectivity index (χ1) is 12.3. The zero-order valence-corrected chi connectivity index (χ0v) is 13.6. The molecule has 3 nitrogen and oxygen atoms in total. The van der Waals surface area contributed by atoms with E-state index in [1.54, 1.807) is 6.20 Å². The van der Waals surface area contributed by atoms with Crippen LogP contribution in [0.3, 0.4) is 0 Å². The molecule has 4 heteroatoms. The number of para-hydroxylation sites is 1. The van der Waals surface area contributed by atoms with E-state index >= 15 is 0 Å². The Hall–Kier alpha value is -3.19. The van der Waals surface area contributed by atoms with E-state index in [0.29, 0.717) is 5.56 Å². The molecule has 25 heavy (non-hydrogen) atoms. The summed E-state index contributed by atoms with van der Waals surface area (Å²) in [7, 11) is 0. The monoisotopic (exact) mass is 329 g/mol. The third-order valence-corrected chi connectivity index (χ3v) is 4.61. The van der Waals surface area contributed by atoms with E-state index < -0.39 is 0 Å². The fourth-order valence-electron chi connectivity index (χ4n) is 3.35. The molecular formula is C21H16FN3. The number of hydrogen-bond acceptors (Lipinski definition) is 3. The molecule has 122 valence electrons. The average Bonchev–Trinajstić information content (AvgIpc) is 2.68. The molecule has 2 heterocycles. The van der Waals surface area contributed by atoms with E-state index in [-0.39, 0.29) is 5.82 Å². The van der Waals surface area contributed by atoms with E-state index in [1.807, 2.05) is 36.4 Å². The maximum absolute atomic E-state index is 13.1. The highest BCUT2D eigenvalue weighted by Gasteiger charge is 2.19. The van der Waals surface area contributed by atoms with Crippen LogP contribution in [0.1, 0.15) is 17.5 Å². The molecule has 0 aliphatic carbocycles. The Balaban J connectivity index is 1.70. The summed E-state index contributed by atoms with van der Waals surface area (Å²) in [6, 6.07) is 16.8. The summed E-state index contributed by atoms with van der Waals surface area (Å²) >= 11 is 0. The number of hydrogen-bond donors (Lipinski definition) is 0. The number of benzene rings is 2. The van der Waals surface area contributed by atoms with Crippen LogP contribution in [-0.4, -0.2) is 18.1 Å². The summed E-state index contributed by atoms with van der Waals surface area (Å²) in [5.41, 5.74) is 4.71. The van der Waals surface area contributed by atoms with Gasteiger partial charge in [-0.3, -0.25) is 4.98 Å². The predicted molar refractivity (Wildman–Crippen MR) is 97.7 cm³/mol. The van der Waals surface area contributed by atoms with Gasteiger partial charge in [0.15, 0.2) is 0 Å². The molecule has 0 spiro atoms. The van der Waals surface area contributed by atoms with Gasteiger partial charge in [0.05, 0.1) is 16.8 Å². The van der Waals surface area contributed by atoms with E-state index in [2.05, 4.69) is 22.0 Å². The summed E-state index contributed by atoms with van der Waals surface area (Å²) in [4.78, 5) is 6.60. The number of nitrogens with zero attached hydrogens (tertiary/aromatic N) is 3. The number of aromatic nitrogens is 1. The second kappa shape index (κ2) is 6.37. The number of fused-ring (bicyclic) bond motifs is 1. The van der Waals surface area contributed by atoms with Crippen LogP contribution in [0.5, 0.6) is 0 Å². The fourth-order valence-corrected chi connectivity index (χ4v) is 3.35. The van der Waals surface area contributed by atoms with Crippen LogP contribution in [-0.2, 0) is 0 Å². The molecule has 1 aliphatic rings. The molecule has 4 rings (SSSR count). The zero-order valence-electron chi connectivity index (χ0n) is 13.6. The lowest BCUT2D eigenvalue weighted by atomic mass is 9.98. The molecule has 3 aromatic rings. The van der Waals surface area contributed by atoms with Gasteiger partial charge < -0.3 is 4.90 Å². The lowest BCUT2D eigenvalue weighted by Crippen LogP contribution is -2.29. The minimum absolute atomic E-state index is 0.219. The van der Waals surface area contributed by atoms with Crippen molar-refractivity contribution in [3.05, 3.63) is 77.7 Å². The minimum Gasteiger partial charge on any atom is -0.366 e. The minimum atomic E-state index is -0.219. The molecule has 0 unspecified atom stereocenters. The second-order valence-corrected chi connectivity index (χ2v) is 6.08. The first kappa shape index (κ1) is 15.3. The predicted octanol–water partition coefficient (Wildman–Crippen LogP) is 4.54. The van der Waals surface area contributed by atoms with Crippen molar-refractivity contribution in [3.8, 4) is 6.07 Å². The van der Waals surface area contributed by atoms with Crippen molar-refractivity contribution in [1.29, 1.82) is 5.26 Å². The Kier molecular flexibility index (Phi) is 3.91. The van der Waals surface area contributed by atoms with Gasteiger partial charge in [0.1, 0.15) is 11.9 Å². The maximum Gasteiger partial charge on any atom is 0.123 e. The van der Waals surface area contributed by atoms with Crippen LogP contribution in [0.15, 0.2) is 60.8 Å². The van der Waals surface area contributed by atoms with Gasteiger partial charge in [-0.05, 0) is 35.8 Å². The van der Waals surface area contributed by atoms with E-state index in [4.69, 9.17) is 0 Å². The Bertz CT molecular complexity index is 1000. The molecule has 0 saturated carbocycles. The highest BCUT2D eigenvalue weighted by Crippen LogP contribution is 2.32. The average molecular weight is 329 g/mol. The maximum atomic E-state index is 13.1. The first-order valence-electron chi connectivity index (χ1n) is 8.24. The molecule has 0 atom stereocenters. The third kappa shape index (κ3) is 2.85. The quantitative estimate of drug-likeness (QED) is 0.693. The Labute approximate surface area is 145 Å². The van der Waals surface area contributed by atoms with Crippen molar-refractivity contribution in [2.24, 2.45) is 0 Å². The van der Waals surface area contributed by atoms with Gasteiger partial charge in [-0.1, -0.05) is 36.4 Å². The third-order valence-electron chi connectivity index (χ3n) is 4.61. The van der Waals surface area contributed by atoms with Gasteiger partial charge in [0.2, 0.25) is 0 Å². The Morgan fingerprint density at radius 3 is 2.60 bits per heavy atom. The van der Waals surface area contributed by atoms with Crippen LogP contribution in [0.25, 0.3) is 16.5 Å². The van der Waals surface area contributed by atoms with Crippen LogP contribution in [0, 0.1) is 17.1 Å². The van der Waals surface area contributed by atoms with Gasteiger partial charge >= 0.3 is 0 Å². The summed E-state index contributed by atoms with van der Waals surface area (Å²) in [6.45, 7) is 1.53. The van der Waals surface area contributed by atoms with E-state index in [9.17, 15) is 9.65 Å². The lowest BCUT2D eigenvalue weighted by molar-refractivity contribution is 0.627. The second-order valence-electron chi connectivity index (χ2n) is 6.08. The fraction of sp³-hybridized carbons (Fsp3) is 0.143. The Morgan fingerprint density at radius 1 is 1.08 bits per heavy atom. The number of halogens is 1. The molecule has 0 bridgehead atoms. The van der Waals surface area contributed by atoms with Crippen LogP contribution in [0.4, 0.5) is 10.1 Å². The van der Waals surface area contributed by atoms with Crippen molar-refractivity contribution >= 4 is 22.2 Å². The topological polar surface area (TPSA) is 39.9 Å². The van der Waals surface area contributed by atoms with Crippen molar-refractivity contribution in [1.82, 2.24) is 4.98 Å². The van der Waals surface area contributed by atoms with Gasteiger partial charge in [0, 0.05) is 24.7 Å². The normalized spacial score (nSPS) is 14.2. The van der Waals surface area contributed by atoms with E-state index in [0.717, 1.165) is 41.7 Å². The van der Waals surface area contributed by atoms with Gasteiger partial charge in [0.25, 0.3) is 0 Å². The van der Waals surface area contributed by atoms with Crippen LogP contribution in [0.2, 0.25) is 0 Å². The summed E-state index contributed by atoms with van der Waals surface area (Å²) < 4.78 is 13.1. The molecule has 1 aromatic heterocycles. The standard InChI is InChI=1S/C21H16FN3/c22-18-7-5-15(6-8-18)16-9-11-25(12-10-16)21-17(13-23)14-24-20-4-2-1-3-19(20)21/h1-9,14H,10-12H2. The van der Waals surface area contributed by atoms with E-state index in [1.165, 1.54) is 17.7 Å². The molecular weight excluding hydrogens is 313 g/mol. The lowest BCUT2D eigenvalue weighted by Gasteiger charge is -2.30. The number of pyridine rings is 1. The molecule has 0 radical (unpaired) electrons. The number of anilines is 1. The highest BCUT2D eigenvalue weighted by molar-refractivity contribution is 5.94. The molecule has 2 aromatic carbocycles. The van der Waals surface area contributed by atoms with Crippen molar-refractivity contribution in [2.45, 2.75) is 6.42 Å². The van der Waals surface area contributed by atoms with Crippen molar-refractivity contribution in [3.63, 3.8) is 0 Å². The largest absolute Gasteiger partial charge is 0.366 e. The summed E-state index contributed by atoms with van der Waals surface area (Å²) in [5.74, 6) is -0.219. The molecule has 0 fully saturated rings. The van der Waals surface area contributed by atoms with Crippen molar-refractivity contribution < 1.29 is 4.39 Å². The van der Waals surface area contributed by atoms with Gasteiger partial charge in [-0.25, -0.2) is 4.39 Å². The van der Waals surface area contributed by atoms with Crippen molar-refractivity contribution in [2.75, 3.05) is 18.0 Å². The molecule has 0 saturated heterocycles. The Morgan fingerprint density at radius 2 is 1.88 bits per heavy atom. The molecule has 0 N–H and O–H groups in total. The summed E-state index contributed by atoms with van der Waals surface area (Å²) in [6.07, 6.45) is 4.66. The summed E-state index contributed by atoms with van der Waals surface area (Å²) in [5, 5.41) is 10.5. The highest BCUT2D eigenvalue weighted by atomic mass is 19.1. The number of nitriles is 1. The van der Waals surface area contributed by atoms with Crippen LogP contribution < -0.4 is 4.90 Å². The SMILES string of the molecule is N#Cc1cnc2ccccc2c1N1CC=C(c2ccc(F)cc2)CC1.